The summed E-state index contributed by atoms with van der Waals surface area (Å²) < 4.78 is 15.8. The number of benzene rings is 1. The topological polar surface area (TPSA) is 38.1 Å². The first-order chi connectivity index (χ1) is 10.1. The SMILES string of the molecule is O=C(Cn1c(CCl)nc2cc(Br)c(F)cc21)N1CCCC1. The molecule has 1 aromatic carbocycles. The lowest BCUT2D eigenvalue weighted by atomic mass is 10.3. The summed E-state index contributed by atoms with van der Waals surface area (Å²) in [5.41, 5.74) is 1.23. The first-order valence-corrected chi connectivity index (χ1v) is 8.11. The van der Waals surface area contributed by atoms with Gasteiger partial charge < -0.3 is 9.47 Å². The van der Waals surface area contributed by atoms with Gasteiger partial charge in [0.05, 0.1) is 21.4 Å². The van der Waals surface area contributed by atoms with Gasteiger partial charge in [-0.1, -0.05) is 0 Å². The fourth-order valence-electron chi connectivity index (χ4n) is 2.65. The number of hydrogen-bond acceptors (Lipinski definition) is 2. The Labute approximate surface area is 135 Å². The molecule has 0 bridgehead atoms. The van der Waals surface area contributed by atoms with Crippen molar-refractivity contribution in [2.75, 3.05) is 13.1 Å². The number of rotatable bonds is 3. The number of halogens is 3. The highest BCUT2D eigenvalue weighted by Gasteiger charge is 2.21. The minimum Gasteiger partial charge on any atom is -0.341 e. The zero-order valence-electron chi connectivity index (χ0n) is 11.3. The molecule has 1 saturated heterocycles. The average molecular weight is 375 g/mol. The molecule has 0 unspecified atom stereocenters. The van der Waals surface area contributed by atoms with Crippen LogP contribution >= 0.6 is 27.5 Å². The van der Waals surface area contributed by atoms with Crippen molar-refractivity contribution in [2.45, 2.75) is 25.3 Å². The third kappa shape index (κ3) is 2.79. The van der Waals surface area contributed by atoms with Gasteiger partial charge in [0.1, 0.15) is 18.2 Å². The van der Waals surface area contributed by atoms with Crippen molar-refractivity contribution in [1.82, 2.24) is 14.5 Å². The first kappa shape index (κ1) is 14.8. The van der Waals surface area contributed by atoms with Gasteiger partial charge in [-0.3, -0.25) is 4.79 Å². The van der Waals surface area contributed by atoms with Crippen LogP contribution in [0.1, 0.15) is 18.7 Å². The van der Waals surface area contributed by atoms with Crippen LogP contribution in [0, 0.1) is 5.82 Å². The molecule has 1 fully saturated rings. The van der Waals surface area contributed by atoms with Gasteiger partial charge in [-0.25, -0.2) is 9.37 Å². The van der Waals surface area contributed by atoms with Crippen LogP contribution < -0.4 is 0 Å². The molecule has 1 aliphatic heterocycles. The molecule has 1 aromatic heterocycles. The molecule has 2 aromatic rings. The number of carbonyl (C=O) groups excluding carboxylic acids is 1. The van der Waals surface area contributed by atoms with Gasteiger partial charge in [0.2, 0.25) is 5.91 Å². The van der Waals surface area contributed by atoms with Gasteiger partial charge in [0, 0.05) is 19.2 Å². The molecule has 0 atom stereocenters. The van der Waals surface area contributed by atoms with Gasteiger partial charge in [0.25, 0.3) is 0 Å². The van der Waals surface area contributed by atoms with Crippen molar-refractivity contribution in [1.29, 1.82) is 0 Å². The summed E-state index contributed by atoms with van der Waals surface area (Å²) in [6, 6.07) is 3.00. The van der Waals surface area contributed by atoms with Crippen molar-refractivity contribution in [3.05, 3.63) is 28.2 Å². The van der Waals surface area contributed by atoms with Crippen LogP contribution in [0.2, 0.25) is 0 Å². The van der Waals surface area contributed by atoms with Gasteiger partial charge in [-0.15, -0.1) is 11.6 Å². The van der Waals surface area contributed by atoms with Gasteiger partial charge in [0.15, 0.2) is 0 Å². The monoisotopic (exact) mass is 373 g/mol. The lowest BCUT2D eigenvalue weighted by Gasteiger charge is -2.16. The highest BCUT2D eigenvalue weighted by molar-refractivity contribution is 9.10. The molecule has 21 heavy (non-hydrogen) atoms. The third-order valence-corrected chi connectivity index (χ3v) is 4.59. The van der Waals surface area contributed by atoms with Gasteiger partial charge in [-0.05, 0) is 34.8 Å². The standard InChI is InChI=1S/C14H14BrClFN3O/c15-9-5-11-12(6-10(9)17)20(13(7-16)18-11)8-14(21)19-3-1-2-4-19/h5-6H,1-4,7-8H2. The fourth-order valence-corrected chi connectivity index (χ4v) is 3.19. The molecule has 0 N–H and O–H groups in total. The Morgan fingerprint density at radius 2 is 2.10 bits per heavy atom. The van der Waals surface area contributed by atoms with E-state index in [1.54, 1.807) is 10.6 Å². The summed E-state index contributed by atoms with van der Waals surface area (Å²) in [5.74, 6) is 0.415. The highest BCUT2D eigenvalue weighted by Crippen LogP contribution is 2.25. The molecule has 3 rings (SSSR count). The Morgan fingerprint density at radius 1 is 1.38 bits per heavy atom. The molecule has 112 valence electrons. The van der Waals surface area contributed by atoms with Crippen LogP contribution in [-0.2, 0) is 17.2 Å². The molecule has 0 spiro atoms. The summed E-state index contributed by atoms with van der Waals surface area (Å²) >= 11 is 9.06. The summed E-state index contributed by atoms with van der Waals surface area (Å²) in [6.45, 7) is 1.74. The van der Waals surface area contributed by atoms with E-state index in [1.807, 2.05) is 4.90 Å². The van der Waals surface area contributed by atoms with Crippen LogP contribution in [0.5, 0.6) is 0 Å². The Morgan fingerprint density at radius 3 is 2.76 bits per heavy atom. The van der Waals surface area contributed by atoms with Crippen LogP contribution in [-0.4, -0.2) is 33.4 Å². The van der Waals surface area contributed by atoms with Crippen molar-refractivity contribution < 1.29 is 9.18 Å². The molecular weight excluding hydrogens is 361 g/mol. The number of hydrogen-bond donors (Lipinski definition) is 0. The molecule has 0 aliphatic carbocycles. The summed E-state index contributed by atoms with van der Waals surface area (Å²) in [6.07, 6.45) is 2.08. The number of imidazole rings is 1. The van der Waals surface area contributed by atoms with E-state index in [2.05, 4.69) is 20.9 Å². The molecule has 7 heteroatoms. The minimum absolute atomic E-state index is 0.0292. The Hall–Kier alpha value is -1.14. The van der Waals surface area contributed by atoms with Crippen LogP contribution in [0.4, 0.5) is 4.39 Å². The average Bonchev–Trinajstić information content (AvgIpc) is 3.09. The van der Waals surface area contributed by atoms with Crippen LogP contribution in [0.25, 0.3) is 11.0 Å². The third-order valence-electron chi connectivity index (χ3n) is 3.74. The lowest BCUT2D eigenvalue weighted by Crippen LogP contribution is -2.31. The van der Waals surface area contributed by atoms with Crippen LogP contribution in [0.15, 0.2) is 16.6 Å². The van der Waals surface area contributed by atoms with E-state index >= 15 is 0 Å². The van der Waals surface area contributed by atoms with E-state index in [9.17, 15) is 9.18 Å². The second-order valence-corrected chi connectivity index (χ2v) is 6.21. The van der Waals surface area contributed by atoms with Gasteiger partial charge in [-0.2, -0.15) is 0 Å². The van der Waals surface area contributed by atoms with Crippen LogP contribution in [0.3, 0.4) is 0 Å². The van der Waals surface area contributed by atoms with E-state index in [-0.39, 0.29) is 24.1 Å². The zero-order chi connectivity index (χ0) is 15.0. The number of fused-ring (bicyclic) bond motifs is 1. The molecule has 0 saturated carbocycles. The van der Waals surface area contributed by atoms with Crippen molar-refractivity contribution in [3.63, 3.8) is 0 Å². The number of aromatic nitrogens is 2. The Balaban J connectivity index is 1.99. The number of alkyl halides is 1. The second-order valence-electron chi connectivity index (χ2n) is 5.09. The quantitative estimate of drug-likeness (QED) is 0.773. The smallest absolute Gasteiger partial charge is 0.242 e. The van der Waals surface area contributed by atoms with Crippen molar-refractivity contribution in [3.8, 4) is 0 Å². The number of carbonyl (C=O) groups is 1. The summed E-state index contributed by atoms with van der Waals surface area (Å²) in [7, 11) is 0. The van der Waals surface area contributed by atoms with E-state index in [0.717, 1.165) is 25.9 Å². The lowest BCUT2D eigenvalue weighted by molar-refractivity contribution is -0.130. The maximum Gasteiger partial charge on any atom is 0.242 e. The molecule has 1 aliphatic rings. The van der Waals surface area contributed by atoms with Gasteiger partial charge >= 0.3 is 0 Å². The zero-order valence-corrected chi connectivity index (χ0v) is 13.6. The molecule has 1 amide bonds. The second kappa shape index (κ2) is 5.93. The molecule has 0 radical (unpaired) electrons. The maximum absolute atomic E-state index is 13.8. The highest BCUT2D eigenvalue weighted by atomic mass is 79.9. The predicted octanol–water partition coefficient (Wildman–Crippen LogP) is 3.30. The number of nitrogens with zero attached hydrogens (tertiary/aromatic N) is 3. The van der Waals surface area contributed by atoms with Crippen molar-refractivity contribution in [2.24, 2.45) is 0 Å². The largest absolute Gasteiger partial charge is 0.341 e. The normalized spacial score (nSPS) is 15.1. The Kier molecular flexibility index (Phi) is 4.17. The predicted molar refractivity (Wildman–Crippen MR) is 82.8 cm³/mol. The fraction of sp³-hybridized carbons (Fsp3) is 0.429. The molecule has 2 heterocycles. The van der Waals surface area contributed by atoms with E-state index in [4.69, 9.17) is 11.6 Å². The first-order valence-electron chi connectivity index (χ1n) is 6.78. The van der Waals surface area contributed by atoms with E-state index in [1.165, 1.54) is 6.07 Å². The minimum atomic E-state index is -0.376. The maximum atomic E-state index is 13.8. The molecular formula is C14H14BrClFN3O. The number of likely N-dealkylation sites (tertiary alicyclic amines) is 1. The Bertz CT molecular complexity index is 697. The summed E-state index contributed by atoms with van der Waals surface area (Å²) in [5, 5.41) is 0. The number of amides is 1. The van der Waals surface area contributed by atoms with E-state index < -0.39 is 0 Å². The molecule has 4 nitrogen and oxygen atoms in total. The van der Waals surface area contributed by atoms with Crippen molar-refractivity contribution >= 4 is 44.5 Å². The summed E-state index contributed by atoms with van der Waals surface area (Å²) in [4.78, 5) is 18.5. The van der Waals surface area contributed by atoms with E-state index in [0.29, 0.717) is 21.3 Å².